The molecular weight excluding hydrogens is 282 g/mol. The largest absolute Gasteiger partial charge is 0.396 e. The van der Waals surface area contributed by atoms with E-state index in [1.807, 2.05) is 0 Å². The second-order valence-electron chi connectivity index (χ2n) is 4.11. The minimum absolute atomic E-state index is 0.323. The van der Waals surface area contributed by atoms with Crippen molar-refractivity contribution < 1.29 is 5.11 Å². The van der Waals surface area contributed by atoms with Crippen LogP contribution in [0.3, 0.4) is 0 Å². The van der Waals surface area contributed by atoms with Gasteiger partial charge in [0.15, 0.2) is 0 Å². The number of hydrogen-bond donors (Lipinski definition) is 3. The Kier molecular flexibility index (Phi) is 5.71. The Morgan fingerprint density at radius 1 is 1.41 bits per heavy atom. The lowest BCUT2D eigenvalue weighted by Gasteiger charge is -2.21. The average molecular weight is 302 g/mol. The van der Waals surface area contributed by atoms with E-state index in [0.717, 1.165) is 23.0 Å². The number of aliphatic hydroxyl groups excluding tert-OH is 1. The molecule has 5 heteroatoms. The first kappa shape index (κ1) is 14.3. The number of nitrogens with zero attached hydrogens (tertiary/aromatic N) is 1. The summed E-state index contributed by atoms with van der Waals surface area (Å²) < 4.78 is 0.814. The normalized spacial score (nSPS) is 12.8. The Morgan fingerprint density at radius 2 is 2.06 bits per heavy atom. The lowest BCUT2D eigenvalue weighted by Crippen LogP contribution is -2.28. The van der Waals surface area contributed by atoms with Crippen LogP contribution in [-0.4, -0.2) is 22.7 Å². The maximum Gasteiger partial charge on any atom is 0.0750 e. The summed E-state index contributed by atoms with van der Waals surface area (Å²) in [6.45, 7) is 4.68. The number of anilines is 2. The van der Waals surface area contributed by atoms with Gasteiger partial charge in [0.1, 0.15) is 0 Å². The number of nitrogen functional groups attached to an aromatic ring is 1. The highest BCUT2D eigenvalue weighted by molar-refractivity contribution is 9.10. The summed E-state index contributed by atoms with van der Waals surface area (Å²) in [7, 11) is 0. The summed E-state index contributed by atoms with van der Waals surface area (Å²) in [5.41, 5.74) is 7.19. The molecule has 0 spiro atoms. The molecule has 1 atom stereocenters. The molecule has 96 valence electrons. The first-order valence-corrected chi connectivity index (χ1v) is 6.70. The molecule has 1 rings (SSSR count). The van der Waals surface area contributed by atoms with Crippen molar-refractivity contribution in [2.75, 3.05) is 17.6 Å². The molecule has 0 amide bonds. The van der Waals surface area contributed by atoms with Crippen LogP contribution < -0.4 is 11.1 Å². The van der Waals surface area contributed by atoms with Gasteiger partial charge in [0.25, 0.3) is 0 Å². The zero-order chi connectivity index (χ0) is 12.8. The molecule has 0 saturated carbocycles. The molecular formula is C12H20BrN3O. The van der Waals surface area contributed by atoms with Gasteiger partial charge in [-0.05, 0) is 21.8 Å². The Morgan fingerprint density at radius 3 is 2.59 bits per heavy atom. The van der Waals surface area contributed by atoms with Crippen LogP contribution >= 0.6 is 15.9 Å². The van der Waals surface area contributed by atoms with Crippen LogP contribution in [0, 0.1) is 5.92 Å². The van der Waals surface area contributed by atoms with Crippen molar-refractivity contribution in [3.8, 4) is 0 Å². The first-order valence-electron chi connectivity index (χ1n) is 5.91. The van der Waals surface area contributed by atoms with Gasteiger partial charge in [-0.25, -0.2) is 0 Å². The maximum absolute atomic E-state index is 10.0. The number of rotatable bonds is 6. The number of halogens is 1. The lowest BCUT2D eigenvalue weighted by atomic mass is 9.96. The maximum atomic E-state index is 10.0. The van der Waals surface area contributed by atoms with E-state index < -0.39 is 0 Å². The van der Waals surface area contributed by atoms with Gasteiger partial charge in [0, 0.05) is 12.7 Å². The molecule has 1 aromatic rings. The van der Waals surface area contributed by atoms with E-state index in [9.17, 15) is 5.11 Å². The Bertz CT molecular complexity index is 335. The standard InChI is InChI=1S/C12H20BrN3O/c1-3-8(4-2)11(17)7-16-12-9(13)5-15-6-10(12)14/h5-6,8,11,17H,3-4,7,14H2,1-2H3,(H,15,16). The number of pyridine rings is 1. The molecule has 0 aliphatic heterocycles. The average Bonchev–Trinajstić information content (AvgIpc) is 2.30. The van der Waals surface area contributed by atoms with E-state index in [2.05, 4.69) is 40.1 Å². The fourth-order valence-corrected chi connectivity index (χ4v) is 2.33. The van der Waals surface area contributed by atoms with E-state index in [1.165, 1.54) is 0 Å². The predicted octanol–water partition coefficient (Wildman–Crippen LogP) is 2.64. The molecule has 0 aromatic carbocycles. The van der Waals surface area contributed by atoms with E-state index in [4.69, 9.17) is 5.73 Å². The zero-order valence-electron chi connectivity index (χ0n) is 10.3. The van der Waals surface area contributed by atoms with Crippen LogP contribution in [-0.2, 0) is 0 Å². The van der Waals surface area contributed by atoms with Crippen LogP contribution in [0.1, 0.15) is 26.7 Å². The van der Waals surface area contributed by atoms with E-state index in [1.54, 1.807) is 12.4 Å². The fraction of sp³-hybridized carbons (Fsp3) is 0.583. The van der Waals surface area contributed by atoms with Crippen molar-refractivity contribution in [1.82, 2.24) is 4.98 Å². The van der Waals surface area contributed by atoms with Crippen molar-refractivity contribution in [2.45, 2.75) is 32.8 Å². The molecule has 17 heavy (non-hydrogen) atoms. The predicted molar refractivity (Wildman–Crippen MR) is 74.9 cm³/mol. The van der Waals surface area contributed by atoms with Gasteiger partial charge >= 0.3 is 0 Å². The highest BCUT2D eigenvalue weighted by atomic mass is 79.9. The highest BCUT2D eigenvalue weighted by Gasteiger charge is 2.16. The van der Waals surface area contributed by atoms with Gasteiger partial charge in [-0.2, -0.15) is 0 Å². The third kappa shape index (κ3) is 3.85. The van der Waals surface area contributed by atoms with Crippen LogP contribution in [0.5, 0.6) is 0 Å². The summed E-state index contributed by atoms with van der Waals surface area (Å²) >= 11 is 3.38. The quantitative estimate of drug-likeness (QED) is 0.755. The van der Waals surface area contributed by atoms with Gasteiger partial charge in [0.2, 0.25) is 0 Å². The minimum atomic E-state index is -0.357. The summed E-state index contributed by atoms with van der Waals surface area (Å²) in [4.78, 5) is 3.96. The summed E-state index contributed by atoms with van der Waals surface area (Å²) in [6, 6.07) is 0. The second kappa shape index (κ2) is 6.81. The van der Waals surface area contributed by atoms with Crippen molar-refractivity contribution in [3.63, 3.8) is 0 Å². The van der Waals surface area contributed by atoms with Crippen LogP contribution in [0.15, 0.2) is 16.9 Å². The molecule has 4 nitrogen and oxygen atoms in total. The van der Waals surface area contributed by atoms with Gasteiger partial charge < -0.3 is 16.2 Å². The Hall–Kier alpha value is -0.810. The SMILES string of the molecule is CCC(CC)C(O)CNc1c(N)cncc1Br. The third-order valence-corrected chi connectivity index (χ3v) is 3.61. The van der Waals surface area contributed by atoms with E-state index >= 15 is 0 Å². The number of hydrogen-bond acceptors (Lipinski definition) is 4. The molecule has 4 N–H and O–H groups in total. The molecule has 0 aliphatic carbocycles. The van der Waals surface area contributed by atoms with Crippen molar-refractivity contribution >= 4 is 27.3 Å². The topological polar surface area (TPSA) is 71.2 Å². The van der Waals surface area contributed by atoms with Crippen molar-refractivity contribution in [3.05, 3.63) is 16.9 Å². The Labute approximate surface area is 111 Å². The fourth-order valence-electron chi connectivity index (χ4n) is 1.84. The number of nitrogens with two attached hydrogens (primary N) is 1. The van der Waals surface area contributed by atoms with Crippen LogP contribution in [0.25, 0.3) is 0 Å². The molecule has 0 saturated heterocycles. The van der Waals surface area contributed by atoms with Gasteiger partial charge in [0.05, 0.1) is 28.1 Å². The molecule has 1 heterocycles. The van der Waals surface area contributed by atoms with Crippen molar-refractivity contribution in [1.29, 1.82) is 0 Å². The van der Waals surface area contributed by atoms with Gasteiger partial charge in [-0.15, -0.1) is 0 Å². The monoisotopic (exact) mass is 301 g/mol. The Balaban J connectivity index is 2.61. The third-order valence-electron chi connectivity index (χ3n) is 3.01. The first-order chi connectivity index (χ1) is 8.10. The second-order valence-corrected chi connectivity index (χ2v) is 4.96. The lowest BCUT2D eigenvalue weighted by molar-refractivity contribution is 0.114. The summed E-state index contributed by atoms with van der Waals surface area (Å²) in [6.07, 6.45) is 4.88. The van der Waals surface area contributed by atoms with Crippen LogP contribution in [0.4, 0.5) is 11.4 Å². The van der Waals surface area contributed by atoms with Crippen molar-refractivity contribution in [2.24, 2.45) is 5.92 Å². The molecule has 0 bridgehead atoms. The number of nitrogens with one attached hydrogen (secondary N) is 1. The summed E-state index contributed by atoms with van der Waals surface area (Å²) in [5, 5.41) is 13.2. The van der Waals surface area contributed by atoms with Crippen LogP contribution in [0.2, 0.25) is 0 Å². The van der Waals surface area contributed by atoms with E-state index in [-0.39, 0.29) is 6.10 Å². The van der Waals surface area contributed by atoms with E-state index in [0.29, 0.717) is 18.2 Å². The molecule has 0 fully saturated rings. The molecule has 0 radical (unpaired) electrons. The minimum Gasteiger partial charge on any atom is -0.396 e. The molecule has 1 aromatic heterocycles. The number of aliphatic hydroxyl groups is 1. The number of aromatic nitrogens is 1. The van der Waals surface area contributed by atoms with Gasteiger partial charge in [-0.3, -0.25) is 4.98 Å². The highest BCUT2D eigenvalue weighted by Crippen LogP contribution is 2.27. The van der Waals surface area contributed by atoms with Gasteiger partial charge in [-0.1, -0.05) is 26.7 Å². The zero-order valence-corrected chi connectivity index (χ0v) is 11.9. The smallest absolute Gasteiger partial charge is 0.0750 e. The molecule has 1 unspecified atom stereocenters. The summed E-state index contributed by atoms with van der Waals surface area (Å²) in [5.74, 6) is 0.323. The molecule has 0 aliphatic rings.